The molecule has 2 aromatic carbocycles. The Morgan fingerprint density at radius 1 is 0.625 bits per heavy atom. The lowest BCUT2D eigenvalue weighted by molar-refractivity contribution is 0.00997. The first-order valence-corrected chi connectivity index (χ1v) is 11.0. The van der Waals surface area contributed by atoms with Gasteiger partial charge in [-0.15, -0.1) is 0 Å². The average molecular weight is 427 g/mol. The summed E-state index contributed by atoms with van der Waals surface area (Å²) in [5.41, 5.74) is 1.53. The van der Waals surface area contributed by atoms with Gasteiger partial charge in [-0.1, -0.05) is 60.7 Å². The lowest BCUT2D eigenvalue weighted by Gasteiger charge is -2.52. The van der Waals surface area contributed by atoms with E-state index < -0.39 is 11.3 Å². The van der Waals surface area contributed by atoms with E-state index in [-0.39, 0.29) is 0 Å². The predicted molar refractivity (Wildman–Crippen MR) is 126 cm³/mol. The molecule has 0 aliphatic carbocycles. The number of fused-ring (bicyclic) bond motifs is 2. The Labute approximate surface area is 189 Å². The van der Waals surface area contributed by atoms with Gasteiger partial charge in [0.1, 0.15) is 0 Å². The fourth-order valence-electron chi connectivity index (χ4n) is 5.25. The van der Waals surface area contributed by atoms with E-state index in [0.29, 0.717) is 0 Å². The minimum absolute atomic E-state index is 0.493. The smallest absolute Gasteiger partial charge is 0.162 e. The van der Waals surface area contributed by atoms with E-state index in [9.17, 15) is 0 Å². The van der Waals surface area contributed by atoms with E-state index >= 15 is 0 Å². The van der Waals surface area contributed by atoms with E-state index in [0.717, 1.165) is 24.5 Å². The van der Waals surface area contributed by atoms with Crippen molar-refractivity contribution >= 4 is 0 Å². The molecular formula is C26H30N6. The molecule has 1 aliphatic heterocycles. The van der Waals surface area contributed by atoms with Gasteiger partial charge < -0.3 is 9.13 Å². The molecule has 0 spiro atoms. The van der Waals surface area contributed by atoms with Crippen LogP contribution in [0.1, 0.15) is 22.8 Å². The number of hydrogen-bond acceptors (Lipinski definition) is 4. The summed E-state index contributed by atoms with van der Waals surface area (Å²) in [6, 6.07) is 21.3. The third kappa shape index (κ3) is 2.87. The van der Waals surface area contributed by atoms with Gasteiger partial charge in [0.25, 0.3) is 0 Å². The highest BCUT2D eigenvalue weighted by atomic mass is 15.5. The zero-order valence-corrected chi connectivity index (χ0v) is 19.2. The quantitative estimate of drug-likeness (QED) is 0.474. The molecule has 4 aromatic rings. The van der Waals surface area contributed by atoms with Gasteiger partial charge in [0.05, 0.1) is 0 Å². The standard InChI is InChI=1S/C26H30N6/c1-29(2)25(19-21-11-7-5-8-12-21)23-27-16-18-32(23)26(30(3)4,24-28-15-17-31(24)25)20-22-13-9-6-10-14-22/h5-18H,19-20H2,1-4H3. The summed E-state index contributed by atoms with van der Waals surface area (Å²) in [5.74, 6) is 2.03. The third-order valence-electron chi connectivity index (χ3n) is 6.86. The highest BCUT2D eigenvalue weighted by Gasteiger charge is 2.54. The number of aromatic nitrogens is 4. The second-order valence-corrected chi connectivity index (χ2v) is 8.99. The maximum atomic E-state index is 4.97. The summed E-state index contributed by atoms with van der Waals surface area (Å²) in [4.78, 5) is 14.5. The Morgan fingerprint density at radius 3 is 1.34 bits per heavy atom. The maximum Gasteiger partial charge on any atom is 0.162 e. The Kier molecular flexibility index (Phi) is 4.99. The summed E-state index contributed by atoms with van der Waals surface area (Å²) >= 11 is 0. The van der Waals surface area contributed by atoms with Crippen LogP contribution >= 0.6 is 0 Å². The van der Waals surface area contributed by atoms with Gasteiger partial charge in [-0.2, -0.15) is 0 Å². The van der Waals surface area contributed by atoms with Crippen molar-refractivity contribution in [2.24, 2.45) is 0 Å². The molecule has 2 unspecified atom stereocenters. The number of benzene rings is 2. The van der Waals surface area contributed by atoms with Crippen molar-refractivity contribution in [3.8, 4) is 0 Å². The van der Waals surface area contributed by atoms with Crippen molar-refractivity contribution in [2.75, 3.05) is 28.2 Å². The van der Waals surface area contributed by atoms with Crippen LogP contribution in [0.5, 0.6) is 0 Å². The van der Waals surface area contributed by atoms with Gasteiger partial charge in [-0.05, 0) is 39.3 Å². The first-order valence-electron chi connectivity index (χ1n) is 11.0. The number of nitrogens with zero attached hydrogens (tertiary/aromatic N) is 6. The van der Waals surface area contributed by atoms with E-state index in [4.69, 9.17) is 9.97 Å². The van der Waals surface area contributed by atoms with Crippen molar-refractivity contribution in [1.82, 2.24) is 28.9 Å². The summed E-state index contributed by atoms with van der Waals surface area (Å²) in [7, 11) is 8.52. The minimum atomic E-state index is -0.493. The zero-order chi connectivity index (χ0) is 22.3. The van der Waals surface area contributed by atoms with Crippen LogP contribution in [0.25, 0.3) is 0 Å². The molecule has 32 heavy (non-hydrogen) atoms. The van der Waals surface area contributed by atoms with Crippen LogP contribution in [0.15, 0.2) is 85.5 Å². The van der Waals surface area contributed by atoms with Gasteiger partial charge in [-0.3, -0.25) is 9.80 Å². The molecule has 0 fully saturated rings. The Bertz CT molecular complexity index is 1060. The van der Waals surface area contributed by atoms with E-state index in [1.165, 1.54) is 11.1 Å². The van der Waals surface area contributed by atoms with Crippen LogP contribution in [0, 0.1) is 0 Å². The minimum Gasteiger partial charge on any atom is -0.305 e. The molecule has 2 atom stereocenters. The first kappa shape index (κ1) is 20.7. The molecule has 6 heteroatoms. The second-order valence-electron chi connectivity index (χ2n) is 8.99. The Hall–Kier alpha value is -3.22. The van der Waals surface area contributed by atoms with Crippen molar-refractivity contribution in [2.45, 2.75) is 24.2 Å². The SMILES string of the molecule is CN(C)C1(Cc2ccccc2)c2nccn2C(Cc2ccccc2)(N(C)C)c2nccn21. The lowest BCUT2D eigenvalue weighted by atomic mass is 9.89. The Balaban J connectivity index is 1.77. The van der Waals surface area contributed by atoms with E-state index in [1.807, 2.05) is 12.4 Å². The van der Waals surface area contributed by atoms with Crippen LogP contribution in [-0.4, -0.2) is 57.1 Å². The highest BCUT2D eigenvalue weighted by Crippen LogP contribution is 2.45. The molecule has 0 amide bonds. The van der Waals surface area contributed by atoms with Crippen LogP contribution in [-0.2, 0) is 24.2 Å². The largest absolute Gasteiger partial charge is 0.305 e. The second kappa shape index (κ2) is 7.73. The van der Waals surface area contributed by atoms with Crippen LogP contribution in [0.3, 0.4) is 0 Å². The molecular weight excluding hydrogens is 396 g/mol. The molecule has 0 N–H and O–H groups in total. The Morgan fingerprint density at radius 2 is 1.00 bits per heavy atom. The van der Waals surface area contributed by atoms with Crippen molar-refractivity contribution in [3.05, 3.63) is 108 Å². The molecule has 0 radical (unpaired) electrons. The van der Waals surface area contributed by atoms with Gasteiger partial charge in [0, 0.05) is 37.6 Å². The molecule has 0 saturated heterocycles. The van der Waals surface area contributed by atoms with Crippen LogP contribution in [0.2, 0.25) is 0 Å². The van der Waals surface area contributed by atoms with Crippen LogP contribution in [0.4, 0.5) is 0 Å². The van der Waals surface area contributed by atoms with Crippen molar-refractivity contribution < 1.29 is 0 Å². The fourth-order valence-corrected chi connectivity index (χ4v) is 5.25. The van der Waals surface area contributed by atoms with Gasteiger partial charge in [-0.25, -0.2) is 9.97 Å². The average Bonchev–Trinajstić information content (AvgIpc) is 3.48. The van der Waals surface area contributed by atoms with Gasteiger partial charge >= 0.3 is 0 Å². The fraction of sp³-hybridized carbons (Fsp3) is 0.308. The van der Waals surface area contributed by atoms with E-state index in [2.05, 4.69) is 120 Å². The summed E-state index contributed by atoms with van der Waals surface area (Å²) < 4.78 is 4.68. The van der Waals surface area contributed by atoms with Crippen molar-refractivity contribution in [1.29, 1.82) is 0 Å². The third-order valence-corrected chi connectivity index (χ3v) is 6.86. The van der Waals surface area contributed by atoms with Crippen molar-refractivity contribution in [3.63, 3.8) is 0 Å². The zero-order valence-electron chi connectivity index (χ0n) is 19.2. The molecule has 164 valence electrons. The summed E-state index contributed by atoms with van der Waals surface area (Å²) in [6.07, 6.45) is 9.65. The number of hydrogen-bond donors (Lipinski definition) is 0. The molecule has 0 saturated carbocycles. The summed E-state index contributed by atoms with van der Waals surface area (Å²) in [5, 5.41) is 0. The number of rotatable bonds is 6. The first-order chi connectivity index (χ1) is 15.5. The topological polar surface area (TPSA) is 42.1 Å². The maximum absolute atomic E-state index is 4.97. The molecule has 1 aliphatic rings. The van der Waals surface area contributed by atoms with Gasteiger partial charge in [0.2, 0.25) is 0 Å². The molecule has 5 rings (SSSR count). The molecule has 0 bridgehead atoms. The normalized spacial score (nSPS) is 22.2. The predicted octanol–water partition coefficient (Wildman–Crippen LogP) is 3.40. The monoisotopic (exact) mass is 426 g/mol. The van der Waals surface area contributed by atoms with Crippen LogP contribution < -0.4 is 0 Å². The van der Waals surface area contributed by atoms with Gasteiger partial charge in [0.15, 0.2) is 23.0 Å². The molecule has 6 nitrogen and oxygen atoms in total. The lowest BCUT2D eigenvalue weighted by Crippen LogP contribution is -2.63. The van der Waals surface area contributed by atoms with E-state index in [1.54, 1.807) is 0 Å². The highest BCUT2D eigenvalue weighted by molar-refractivity contribution is 5.33. The summed E-state index contributed by atoms with van der Waals surface area (Å²) in [6.45, 7) is 0. The molecule has 2 aromatic heterocycles. The number of imidazole rings is 2. The molecule has 3 heterocycles. The number of likely N-dealkylation sites (N-methyl/N-ethyl adjacent to an activating group) is 2.